The number of hydrogen-bond donors (Lipinski definition) is 2. The summed E-state index contributed by atoms with van der Waals surface area (Å²) in [6.45, 7) is 4.36. The molecule has 3 aromatic rings. The summed E-state index contributed by atoms with van der Waals surface area (Å²) in [7, 11) is 0. The number of hydrogen-bond acceptors (Lipinski definition) is 10. The quantitative estimate of drug-likeness (QED) is 0.249. The van der Waals surface area contributed by atoms with Gasteiger partial charge in [0.25, 0.3) is 5.69 Å². The van der Waals surface area contributed by atoms with E-state index in [9.17, 15) is 10.1 Å². The third-order valence-electron chi connectivity index (χ3n) is 4.89. The number of aryl methyl sites for hydroxylation is 1. The monoisotopic (exact) mass is 546 g/mol. The second kappa shape index (κ2) is 10.7. The lowest BCUT2D eigenvalue weighted by Gasteiger charge is -2.27. The zero-order valence-corrected chi connectivity index (χ0v) is 20.4. The molecule has 0 spiro atoms. The van der Waals surface area contributed by atoms with Gasteiger partial charge in [-0.15, -0.1) is 0 Å². The Kier molecular flexibility index (Phi) is 7.50. The first-order valence-corrected chi connectivity index (χ1v) is 11.4. The third kappa shape index (κ3) is 5.95. The summed E-state index contributed by atoms with van der Waals surface area (Å²) < 4.78 is 5.81. The van der Waals surface area contributed by atoms with E-state index in [2.05, 4.69) is 46.7 Å². The number of ether oxygens (including phenoxy) is 1. The molecule has 0 saturated carbocycles. The minimum Gasteiger partial charge on any atom is -0.378 e. The van der Waals surface area contributed by atoms with Crippen molar-refractivity contribution in [2.24, 2.45) is 5.10 Å². The van der Waals surface area contributed by atoms with Gasteiger partial charge in [-0.1, -0.05) is 23.7 Å². The molecule has 0 aliphatic carbocycles. The van der Waals surface area contributed by atoms with Crippen molar-refractivity contribution in [3.8, 4) is 0 Å². The fraction of sp³-hybridized carbons (Fsp3) is 0.238. The topological polar surface area (TPSA) is 131 Å². The van der Waals surface area contributed by atoms with Crippen LogP contribution in [-0.2, 0) is 4.74 Å². The molecule has 2 aromatic carbocycles. The van der Waals surface area contributed by atoms with Crippen molar-refractivity contribution in [3.63, 3.8) is 0 Å². The van der Waals surface area contributed by atoms with Gasteiger partial charge in [0.15, 0.2) is 0 Å². The number of nitrogens with one attached hydrogen (secondary N) is 2. The summed E-state index contributed by atoms with van der Waals surface area (Å²) in [5.74, 6) is 0.990. The summed E-state index contributed by atoms with van der Waals surface area (Å²) in [5, 5.41) is 19.1. The first-order valence-electron chi connectivity index (χ1n) is 10.2. The highest BCUT2D eigenvalue weighted by Gasteiger charge is 2.17. The number of anilines is 4. The molecule has 4 rings (SSSR count). The highest BCUT2D eigenvalue weighted by molar-refractivity contribution is 9.10. The van der Waals surface area contributed by atoms with Crippen LogP contribution in [0.2, 0.25) is 5.02 Å². The van der Waals surface area contributed by atoms with E-state index >= 15 is 0 Å². The van der Waals surface area contributed by atoms with Crippen LogP contribution in [0.3, 0.4) is 0 Å². The molecule has 1 aliphatic heterocycles. The zero-order valence-electron chi connectivity index (χ0n) is 18.0. The van der Waals surface area contributed by atoms with Crippen LogP contribution in [0.25, 0.3) is 0 Å². The molecular formula is C21H20BrClN8O3. The van der Waals surface area contributed by atoms with Crippen LogP contribution in [-0.4, -0.2) is 52.4 Å². The number of hydrazone groups is 1. The minimum absolute atomic E-state index is 0.0537. The molecule has 34 heavy (non-hydrogen) atoms. The summed E-state index contributed by atoms with van der Waals surface area (Å²) in [4.78, 5) is 26.1. The van der Waals surface area contributed by atoms with Crippen molar-refractivity contribution in [1.82, 2.24) is 15.0 Å². The highest BCUT2D eigenvalue weighted by Crippen LogP contribution is 2.25. The molecule has 13 heteroatoms. The average Bonchev–Trinajstić information content (AvgIpc) is 2.83. The maximum Gasteiger partial charge on any atom is 0.284 e. The van der Waals surface area contributed by atoms with Crippen LogP contribution < -0.4 is 15.6 Å². The lowest BCUT2D eigenvalue weighted by molar-refractivity contribution is -0.385. The number of benzene rings is 2. The van der Waals surface area contributed by atoms with Crippen LogP contribution in [0.5, 0.6) is 0 Å². The molecule has 1 aliphatic rings. The second-order valence-corrected chi connectivity index (χ2v) is 8.57. The number of nitro groups is 1. The molecule has 0 unspecified atom stereocenters. The number of nitrogens with zero attached hydrogens (tertiary/aromatic N) is 6. The molecule has 0 amide bonds. The maximum atomic E-state index is 11.1. The standard InChI is InChI=1S/C21H20BrClN8O3/c1-13-2-4-15(11-17(13)23)25-19-26-20(28-21(27-19)30-6-8-34-9-7-30)29-24-12-14-3-5-16(22)18(10-14)31(32)33/h2-5,10-12H,6-9H2,1H3,(H2,25,26,27,28,29)/b24-12+. The van der Waals surface area contributed by atoms with Gasteiger partial charge in [-0.3, -0.25) is 10.1 Å². The van der Waals surface area contributed by atoms with Crippen molar-refractivity contribution in [1.29, 1.82) is 0 Å². The van der Waals surface area contributed by atoms with E-state index in [0.29, 0.717) is 53.3 Å². The molecule has 1 fully saturated rings. The largest absolute Gasteiger partial charge is 0.378 e. The van der Waals surface area contributed by atoms with E-state index in [1.807, 2.05) is 24.0 Å². The molecular weight excluding hydrogens is 528 g/mol. The molecule has 176 valence electrons. The van der Waals surface area contributed by atoms with Crippen molar-refractivity contribution in [3.05, 3.63) is 67.1 Å². The zero-order chi connectivity index (χ0) is 24.1. The van der Waals surface area contributed by atoms with Gasteiger partial charge in [0.2, 0.25) is 17.8 Å². The van der Waals surface area contributed by atoms with Crippen LogP contribution >= 0.6 is 27.5 Å². The Morgan fingerprint density at radius 2 is 1.94 bits per heavy atom. The summed E-state index contributed by atoms with van der Waals surface area (Å²) in [5.41, 5.74) is 4.96. The Morgan fingerprint density at radius 1 is 1.18 bits per heavy atom. The minimum atomic E-state index is -0.468. The molecule has 2 N–H and O–H groups in total. The van der Waals surface area contributed by atoms with E-state index in [-0.39, 0.29) is 11.6 Å². The number of rotatable bonds is 7. The molecule has 1 aromatic heterocycles. The van der Waals surface area contributed by atoms with E-state index in [1.54, 1.807) is 18.2 Å². The van der Waals surface area contributed by atoms with E-state index < -0.39 is 4.92 Å². The Bertz CT molecular complexity index is 1240. The van der Waals surface area contributed by atoms with Gasteiger partial charge in [-0.05, 0) is 46.6 Å². The maximum absolute atomic E-state index is 11.1. The number of nitro benzene ring substituents is 1. The van der Waals surface area contributed by atoms with E-state index in [4.69, 9.17) is 16.3 Å². The van der Waals surface area contributed by atoms with E-state index in [0.717, 1.165) is 11.3 Å². The van der Waals surface area contributed by atoms with Crippen LogP contribution in [0.4, 0.5) is 29.2 Å². The molecule has 0 atom stereocenters. The van der Waals surface area contributed by atoms with Crippen molar-refractivity contribution < 1.29 is 9.66 Å². The SMILES string of the molecule is Cc1ccc(Nc2nc(N/N=C/c3ccc(Br)c([N+](=O)[O-])c3)nc(N3CCOCC3)n2)cc1Cl. The lowest BCUT2D eigenvalue weighted by atomic mass is 10.2. The number of morpholine rings is 1. The average molecular weight is 548 g/mol. The van der Waals surface area contributed by atoms with Gasteiger partial charge in [0.05, 0.1) is 28.8 Å². The van der Waals surface area contributed by atoms with Crippen molar-refractivity contribution in [2.75, 3.05) is 41.9 Å². The van der Waals surface area contributed by atoms with Crippen LogP contribution in [0.1, 0.15) is 11.1 Å². The smallest absolute Gasteiger partial charge is 0.284 e. The normalized spacial score (nSPS) is 13.8. The Morgan fingerprint density at radius 3 is 2.68 bits per heavy atom. The summed E-state index contributed by atoms with van der Waals surface area (Å²) >= 11 is 9.41. The van der Waals surface area contributed by atoms with Gasteiger partial charge in [-0.25, -0.2) is 5.43 Å². The third-order valence-corrected chi connectivity index (χ3v) is 5.97. The second-order valence-electron chi connectivity index (χ2n) is 7.31. The Labute approximate surface area is 208 Å². The molecule has 0 bridgehead atoms. The fourth-order valence-corrected chi connectivity index (χ4v) is 3.66. The van der Waals surface area contributed by atoms with Gasteiger partial charge >= 0.3 is 0 Å². The first kappa shape index (κ1) is 23.8. The van der Waals surface area contributed by atoms with Crippen LogP contribution in [0.15, 0.2) is 46.0 Å². The van der Waals surface area contributed by atoms with Crippen molar-refractivity contribution >= 4 is 63.0 Å². The van der Waals surface area contributed by atoms with Gasteiger partial charge in [0.1, 0.15) is 0 Å². The number of halogens is 2. The van der Waals surface area contributed by atoms with Gasteiger partial charge < -0.3 is 15.0 Å². The number of aromatic nitrogens is 3. The highest BCUT2D eigenvalue weighted by atomic mass is 79.9. The Balaban J connectivity index is 1.58. The summed E-state index contributed by atoms with van der Waals surface area (Å²) in [6, 6.07) is 10.3. The fourth-order valence-electron chi connectivity index (χ4n) is 3.09. The molecule has 11 nitrogen and oxygen atoms in total. The predicted octanol–water partition coefficient (Wildman–Crippen LogP) is 4.53. The Hall–Kier alpha value is -3.35. The van der Waals surface area contributed by atoms with Gasteiger partial charge in [0, 0.05) is 35.4 Å². The summed E-state index contributed by atoms with van der Waals surface area (Å²) in [6.07, 6.45) is 1.45. The first-order chi connectivity index (χ1) is 16.4. The van der Waals surface area contributed by atoms with Gasteiger partial charge in [-0.2, -0.15) is 20.1 Å². The predicted molar refractivity (Wildman–Crippen MR) is 134 cm³/mol. The van der Waals surface area contributed by atoms with Crippen molar-refractivity contribution in [2.45, 2.75) is 6.92 Å². The molecule has 0 radical (unpaired) electrons. The van der Waals surface area contributed by atoms with Crippen LogP contribution in [0, 0.1) is 17.0 Å². The lowest BCUT2D eigenvalue weighted by Crippen LogP contribution is -2.37. The molecule has 1 saturated heterocycles. The molecule has 2 heterocycles. The van der Waals surface area contributed by atoms with E-state index in [1.165, 1.54) is 12.3 Å².